The van der Waals surface area contributed by atoms with Gasteiger partial charge in [-0.3, -0.25) is 5.41 Å². The molecule has 0 unspecified atom stereocenters. The fourth-order valence-corrected chi connectivity index (χ4v) is 1.20. The fourth-order valence-electron chi connectivity index (χ4n) is 1.20. The molecule has 4 heteroatoms. The Kier molecular flexibility index (Phi) is 4.12. The lowest BCUT2D eigenvalue weighted by Crippen LogP contribution is -2.14. The van der Waals surface area contributed by atoms with Gasteiger partial charge in [0, 0.05) is 0 Å². The van der Waals surface area contributed by atoms with E-state index in [2.05, 4.69) is 0 Å². The van der Waals surface area contributed by atoms with Crippen LogP contribution >= 0.6 is 0 Å². The first-order valence-corrected chi connectivity index (χ1v) is 4.72. The van der Waals surface area contributed by atoms with Crippen LogP contribution in [0.5, 0.6) is 5.75 Å². The van der Waals surface area contributed by atoms with Crippen LogP contribution < -0.4 is 4.74 Å². The van der Waals surface area contributed by atoms with Crippen molar-refractivity contribution in [3.63, 3.8) is 0 Å². The third kappa shape index (κ3) is 2.95. The number of aliphatic hydroxyl groups is 1. The number of rotatable bonds is 4. The summed E-state index contributed by atoms with van der Waals surface area (Å²) in [6.45, 7) is 2.15. The molecule has 0 aliphatic rings. The van der Waals surface area contributed by atoms with E-state index in [0.717, 1.165) is 0 Å². The maximum absolute atomic E-state index is 9.74. The van der Waals surface area contributed by atoms with Gasteiger partial charge in [-0.15, -0.1) is 0 Å². The van der Waals surface area contributed by atoms with Crippen molar-refractivity contribution in [2.45, 2.75) is 13.0 Å². The van der Waals surface area contributed by atoms with Crippen molar-refractivity contribution in [2.75, 3.05) is 13.7 Å². The normalized spacial score (nSPS) is 11.9. The molecule has 82 valence electrons. The second-order valence-electron chi connectivity index (χ2n) is 2.98. The van der Waals surface area contributed by atoms with Crippen LogP contribution in [-0.2, 0) is 4.74 Å². The van der Waals surface area contributed by atoms with Crippen molar-refractivity contribution in [2.24, 2.45) is 0 Å². The van der Waals surface area contributed by atoms with Gasteiger partial charge in [0.25, 0.3) is 0 Å². The van der Waals surface area contributed by atoms with Gasteiger partial charge in [0.15, 0.2) is 6.10 Å². The Morgan fingerprint density at radius 2 is 2.27 bits per heavy atom. The molecule has 1 rings (SSSR count). The summed E-state index contributed by atoms with van der Waals surface area (Å²) in [5.41, 5.74) is 0.591. The highest BCUT2D eigenvalue weighted by molar-refractivity contribution is 5.79. The number of hydrogen-bond acceptors (Lipinski definition) is 4. The molecule has 1 aromatic carbocycles. The fraction of sp³-hybridized carbons (Fsp3) is 0.364. The van der Waals surface area contributed by atoms with Crippen molar-refractivity contribution in [3.8, 4) is 5.75 Å². The highest BCUT2D eigenvalue weighted by Gasteiger charge is 2.14. The van der Waals surface area contributed by atoms with E-state index in [1.807, 2.05) is 0 Å². The van der Waals surface area contributed by atoms with Gasteiger partial charge < -0.3 is 14.6 Å². The van der Waals surface area contributed by atoms with Crippen molar-refractivity contribution < 1.29 is 14.6 Å². The van der Waals surface area contributed by atoms with E-state index in [9.17, 15) is 5.11 Å². The monoisotopic (exact) mass is 209 g/mol. The maximum atomic E-state index is 9.74. The van der Waals surface area contributed by atoms with Gasteiger partial charge in [0.2, 0.25) is 5.90 Å². The van der Waals surface area contributed by atoms with E-state index in [1.54, 1.807) is 38.3 Å². The van der Waals surface area contributed by atoms with Crippen molar-refractivity contribution in [3.05, 3.63) is 29.8 Å². The van der Waals surface area contributed by atoms with Crippen LogP contribution in [0, 0.1) is 5.41 Å². The van der Waals surface area contributed by atoms with Crippen LogP contribution in [0.25, 0.3) is 0 Å². The summed E-state index contributed by atoms with van der Waals surface area (Å²) < 4.78 is 9.95. The second-order valence-corrected chi connectivity index (χ2v) is 2.98. The third-order valence-corrected chi connectivity index (χ3v) is 1.96. The maximum Gasteiger partial charge on any atom is 0.214 e. The highest BCUT2D eigenvalue weighted by Crippen LogP contribution is 2.19. The summed E-state index contributed by atoms with van der Waals surface area (Å²) in [5, 5.41) is 17.2. The van der Waals surface area contributed by atoms with E-state index < -0.39 is 6.10 Å². The minimum absolute atomic E-state index is 0.147. The molecule has 1 atom stereocenters. The minimum atomic E-state index is -1.03. The second kappa shape index (κ2) is 5.36. The smallest absolute Gasteiger partial charge is 0.214 e. The van der Waals surface area contributed by atoms with Crippen LogP contribution in [-0.4, -0.2) is 24.7 Å². The SMILES string of the molecule is CCOC(=N)[C@H](O)c1cccc(OC)c1. The molecule has 15 heavy (non-hydrogen) atoms. The van der Waals surface area contributed by atoms with Gasteiger partial charge >= 0.3 is 0 Å². The van der Waals surface area contributed by atoms with Gasteiger partial charge in [-0.2, -0.15) is 0 Å². The van der Waals surface area contributed by atoms with Crippen LogP contribution in [0.4, 0.5) is 0 Å². The Hall–Kier alpha value is -1.55. The Balaban J connectivity index is 2.81. The Morgan fingerprint density at radius 3 is 2.87 bits per heavy atom. The number of aliphatic hydroxyl groups excluding tert-OH is 1. The molecule has 0 spiro atoms. The van der Waals surface area contributed by atoms with Crippen molar-refractivity contribution in [1.82, 2.24) is 0 Å². The molecular weight excluding hydrogens is 194 g/mol. The largest absolute Gasteiger partial charge is 0.497 e. The van der Waals surface area contributed by atoms with E-state index in [0.29, 0.717) is 17.9 Å². The first-order chi connectivity index (χ1) is 7.19. The molecule has 0 aliphatic carbocycles. The molecule has 2 N–H and O–H groups in total. The highest BCUT2D eigenvalue weighted by atomic mass is 16.5. The van der Waals surface area contributed by atoms with E-state index >= 15 is 0 Å². The number of benzene rings is 1. The minimum Gasteiger partial charge on any atom is -0.497 e. The predicted molar refractivity (Wildman–Crippen MR) is 57.3 cm³/mol. The summed E-state index contributed by atoms with van der Waals surface area (Å²) in [6, 6.07) is 6.94. The zero-order valence-electron chi connectivity index (χ0n) is 8.86. The topological polar surface area (TPSA) is 62.5 Å². The molecule has 0 fully saturated rings. The molecule has 0 heterocycles. The summed E-state index contributed by atoms with van der Waals surface area (Å²) in [4.78, 5) is 0. The Morgan fingerprint density at radius 1 is 1.53 bits per heavy atom. The van der Waals surface area contributed by atoms with Crippen LogP contribution in [0.15, 0.2) is 24.3 Å². The van der Waals surface area contributed by atoms with Gasteiger partial charge in [-0.25, -0.2) is 0 Å². The third-order valence-electron chi connectivity index (χ3n) is 1.96. The lowest BCUT2D eigenvalue weighted by atomic mass is 10.1. The standard InChI is InChI=1S/C11H15NO3/c1-3-15-11(12)10(13)8-5-4-6-9(7-8)14-2/h4-7,10,12-13H,3H2,1-2H3/t10-/m1/s1. The number of methoxy groups -OCH3 is 1. The number of hydrogen-bond donors (Lipinski definition) is 2. The summed E-state index contributed by atoms with van der Waals surface area (Å²) >= 11 is 0. The molecule has 0 radical (unpaired) electrons. The Bertz CT molecular complexity index is 338. The van der Waals surface area contributed by atoms with Crippen LogP contribution in [0.1, 0.15) is 18.6 Å². The summed E-state index contributed by atoms with van der Waals surface area (Å²) in [5.74, 6) is 0.501. The average Bonchev–Trinajstić information content (AvgIpc) is 2.28. The average molecular weight is 209 g/mol. The first-order valence-electron chi connectivity index (χ1n) is 4.72. The summed E-state index contributed by atoms with van der Waals surface area (Å²) in [6.07, 6.45) is -1.03. The van der Waals surface area contributed by atoms with Gasteiger partial charge in [0.05, 0.1) is 13.7 Å². The van der Waals surface area contributed by atoms with Gasteiger partial charge in [0.1, 0.15) is 5.75 Å². The zero-order valence-corrected chi connectivity index (χ0v) is 8.86. The van der Waals surface area contributed by atoms with Crippen LogP contribution in [0.3, 0.4) is 0 Å². The number of ether oxygens (including phenoxy) is 2. The molecule has 0 amide bonds. The van der Waals surface area contributed by atoms with Gasteiger partial charge in [-0.1, -0.05) is 12.1 Å². The molecule has 4 nitrogen and oxygen atoms in total. The summed E-state index contributed by atoms with van der Waals surface area (Å²) in [7, 11) is 1.55. The molecule has 0 aromatic heterocycles. The molecule has 0 bridgehead atoms. The molecule has 0 saturated heterocycles. The predicted octanol–water partition coefficient (Wildman–Crippen LogP) is 1.74. The zero-order chi connectivity index (χ0) is 11.3. The lowest BCUT2D eigenvalue weighted by Gasteiger charge is -2.13. The molecular formula is C11H15NO3. The van der Waals surface area contributed by atoms with E-state index in [1.165, 1.54) is 0 Å². The lowest BCUT2D eigenvalue weighted by molar-refractivity contribution is 0.190. The van der Waals surface area contributed by atoms with E-state index in [-0.39, 0.29) is 5.90 Å². The Labute approximate surface area is 89.0 Å². The van der Waals surface area contributed by atoms with Gasteiger partial charge in [-0.05, 0) is 24.6 Å². The molecule has 1 aromatic rings. The van der Waals surface area contributed by atoms with Crippen LogP contribution in [0.2, 0.25) is 0 Å². The molecule has 0 saturated carbocycles. The van der Waals surface area contributed by atoms with Crippen molar-refractivity contribution >= 4 is 5.90 Å². The first kappa shape index (κ1) is 11.5. The van der Waals surface area contributed by atoms with Crippen molar-refractivity contribution in [1.29, 1.82) is 5.41 Å². The quantitative estimate of drug-likeness (QED) is 0.586. The number of nitrogens with one attached hydrogen (secondary N) is 1. The molecule has 0 aliphatic heterocycles. The van der Waals surface area contributed by atoms with E-state index in [4.69, 9.17) is 14.9 Å².